The van der Waals surface area contributed by atoms with Crippen LogP contribution in [0.5, 0.6) is 0 Å². The van der Waals surface area contributed by atoms with Crippen LogP contribution in [0.1, 0.15) is 12.0 Å². The highest BCUT2D eigenvalue weighted by Crippen LogP contribution is 2.49. The van der Waals surface area contributed by atoms with Gasteiger partial charge >= 0.3 is 6.18 Å². The molecule has 5 rings (SSSR count). The van der Waals surface area contributed by atoms with E-state index in [1.807, 2.05) is 24.3 Å². The predicted octanol–water partition coefficient (Wildman–Crippen LogP) is 4.86. The molecule has 0 aliphatic carbocycles. The monoisotopic (exact) mass is 464 g/mol. The van der Waals surface area contributed by atoms with E-state index in [1.54, 1.807) is 17.8 Å². The van der Waals surface area contributed by atoms with Gasteiger partial charge in [-0.2, -0.15) is 13.2 Å². The highest BCUT2D eigenvalue weighted by Gasteiger charge is 2.35. The number of piperazine rings is 1. The summed E-state index contributed by atoms with van der Waals surface area (Å²) in [6.45, 7) is 10.2. The van der Waals surface area contributed by atoms with E-state index in [1.165, 1.54) is 29.7 Å². The zero-order valence-electron chi connectivity index (χ0n) is 18.1. The molecular formula is C24H29F3N3OS+. The van der Waals surface area contributed by atoms with Gasteiger partial charge in [-0.05, 0) is 36.8 Å². The van der Waals surface area contributed by atoms with Crippen molar-refractivity contribution >= 4 is 23.1 Å². The van der Waals surface area contributed by atoms with E-state index < -0.39 is 11.7 Å². The van der Waals surface area contributed by atoms with Crippen LogP contribution in [0.3, 0.4) is 0 Å². The Morgan fingerprint density at radius 2 is 1.59 bits per heavy atom. The van der Waals surface area contributed by atoms with Crippen molar-refractivity contribution in [1.29, 1.82) is 0 Å². The maximum absolute atomic E-state index is 13.4. The average molecular weight is 465 g/mol. The normalized spacial score (nSPS) is 20.8. The van der Waals surface area contributed by atoms with Gasteiger partial charge in [-0.3, -0.25) is 4.90 Å². The number of ether oxygens (including phenoxy) is 1. The fourth-order valence-electron chi connectivity index (χ4n) is 5.03. The summed E-state index contributed by atoms with van der Waals surface area (Å²) in [7, 11) is 0. The van der Waals surface area contributed by atoms with Gasteiger partial charge < -0.3 is 14.1 Å². The summed E-state index contributed by atoms with van der Waals surface area (Å²) in [4.78, 5) is 6.57. The van der Waals surface area contributed by atoms with Crippen LogP contribution in [0.2, 0.25) is 0 Å². The molecule has 2 fully saturated rings. The molecule has 8 heteroatoms. The van der Waals surface area contributed by atoms with Crippen LogP contribution < -0.4 is 4.90 Å². The topological polar surface area (TPSA) is 15.7 Å². The minimum absolute atomic E-state index is 0.586. The summed E-state index contributed by atoms with van der Waals surface area (Å²) in [6.07, 6.45) is -3.42. The van der Waals surface area contributed by atoms with Gasteiger partial charge in [-0.1, -0.05) is 23.9 Å². The van der Waals surface area contributed by atoms with Gasteiger partial charge in [0, 0.05) is 36.0 Å². The predicted molar refractivity (Wildman–Crippen MR) is 121 cm³/mol. The zero-order chi connectivity index (χ0) is 22.2. The van der Waals surface area contributed by atoms with Crippen molar-refractivity contribution in [2.45, 2.75) is 22.4 Å². The molecule has 2 aromatic rings. The van der Waals surface area contributed by atoms with Gasteiger partial charge in [0.15, 0.2) is 0 Å². The Bertz CT molecular complexity index is 952. The SMILES string of the molecule is FC(F)(F)c1ccc2c(c1)N(CCCN1CC[N+]3(CCOCC3)CC1)c1ccccc1S2. The molecule has 32 heavy (non-hydrogen) atoms. The average Bonchev–Trinajstić information content (AvgIpc) is 2.79. The van der Waals surface area contributed by atoms with Crippen molar-refractivity contribution in [1.82, 2.24) is 4.90 Å². The number of nitrogens with zero attached hydrogens (tertiary/aromatic N) is 3. The Balaban J connectivity index is 1.27. The number of rotatable bonds is 4. The van der Waals surface area contributed by atoms with Crippen molar-refractivity contribution in [2.75, 3.05) is 70.5 Å². The van der Waals surface area contributed by atoms with E-state index in [2.05, 4.69) is 9.80 Å². The van der Waals surface area contributed by atoms with Crippen molar-refractivity contribution in [2.24, 2.45) is 0 Å². The summed E-state index contributed by atoms with van der Waals surface area (Å²) in [5.41, 5.74) is 1.08. The van der Waals surface area contributed by atoms with Crippen LogP contribution in [-0.2, 0) is 10.9 Å². The van der Waals surface area contributed by atoms with E-state index >= 15 is 0 Å². The molecule has 3 aliphatic heterocycles. The molecule has 172 valence electrons. The highest BCUT2D eigenvalue weighted by molar-refractivity contribution is 7.99. The standard InChI is InChI=1S/C24H29F3N3OS/c25-24(26,27)19-6-7-23-21(18-19)29(20-4-1-2-5-22(20)32-23)9-3-8-28-10-12-30(13-11-28)14-16-31-17-15-30/h1-2,4-7,18H,3,8-17H2/q+1. The summed E-state index contributed by atoms with van der Waals surface area (Å²) >= 11 is 1.55. The molecule has 0 atom stereocenters. The van der Waals surface area contributed by atoms with Crippen LogP contribution in [0.15, 0.2) is 52.3 Å². The molecule has 4 nitrogen and oxygen atoms in total. The van der Waals surface area contributed by atoms with Crippen molar-refractivity contribution in [3.8, 4) is 0 Å². The first-order chi connectivity index (χ1) is 15.4. The molecule has 2 saturated heterocycles. The van der Waals surface area contributed by atoms with Crippen LogP contribution in [-0.4, -0.2) is 75.0 Å². The first kappa shape index (κ1) is 22.1. The number of quaternary nitrogens is 1. The summed E-state index contributed by atoms with van der Waals surface area (Å²) in [6, 6.07) is 12.1. The van der Waals surface area contributed by atoms with Gasteiger partial charge in [-0.25, -0.2) is 0 Å². The lowest BCUT2D eigenvalue weighted by Crippen LogP contribution is -2.63. The maximum Gasteiger partial charge on any atom is 0.416 e. The van der Waals surface area contributed by atoms with E-state index in [0.29, 0.717) is 12.2 Å². The lowest BCUT2D eigenvalue weighted by Gasteiger charge is -2.46. The lowest BCUT2D eigenvalue weighted by atomic mass is 10.1. The molecule has 0 aromatic heterocycles. The smallest absolute Gasteiger partial charge is 0.370 e. The molecule has 3 heterocycles. The number of fused-ring (bicyclic) bond motifs is 2. The molecule has 0 saturated carbocycles. The third-order valence-electron chi connectivity index (χ3n) is 7.01. The number of hydrogen-bond donors (Lipinski definition) is 0. The second kappa shape index (κ2) is 8.89. The summed E-state index contributed by atoms with van der Waals surface area (Å²) in [5.74, 6) is 0. The van der Waals surface area contributed by atoms with E-state index in [0.717, 1.165) is 67.8 Å². The molecule has 1 spiro atoms. The lowest BCUT2D eigenvalue weighted by molar-refractivity contribution is -0.938. The Labute approximate surface area is 191 Å². The van der Waals surface area contributed by atoms with Gasteiger partial charge in [0.25, 0.3) is 0 Å². The highest BCUT2D eigenvalue weighted by atomic mass is 32.2. The van der Waals surface area contributed by atoms with Crippen LogP contribution in [0.25, 0.3) is 0 Å². The van der Waals surface area contributed by atoms with Crippen LogP contribution in [0, 0.1) is 0 Å². The maximum atomic E-state index is 13.4. The first-order valence-corrected chi connectivity index (χ1v) is 12.2. The van der Waals surface area contributed by atoms with Crippen molar-refractivity contribution < 1.29 is 22.4 Å². The van der Waals surface area contributed by atoms with Gasteiger partial charge in [0.05, 0.1) is 43.2 Å². The van der Waals surface area contributed by atoms with Crippen LogP contribution >= 0.6 is 11.8 Å². The van der Waals surface area contributed by atoms with E-state index in [4.69, 9.17) is 4.74 Å². The zero-order valence-corrected chi connectivity index (χ0v) is 18.9. The molecular weight excluding hydrogens is 435 g/mol. The second-order valence-electron chi connectivity index (χ2n) is 8.95. The number of morpholine rings is 1. The molecule has 0 amide bonds. The number of alkyl halides is 3. The fourth-order valence-corrected chi connectivity index (χ4v) is 6.11. The number of para-hydroxylation sites is 1. The van der Waals surface area contributed by atoms with Crippen molar-refractivity contribution in [3.05, 3.63) is 48.0 Å². The Kier molecular flexibility index (Phi) is 6.13. The molecule has 0 unspecified atom stereocenters. The summed E-state index contributed by atoms with van der Waals surface area (Å²) < 4.78 is 46.9. The second-order valence-corrected chi connectivity index (χ2v) is 10.0. The van der Waals surface area contributed by atoms with Gasteiger partial charge in [0.2, 0.25) is 0 Å². The fraction of sp³-hybridized carbons (Fsp3) is 0.500. The quantitative estimate of drug-likeness (QED) is 0.601. The number of anilines is 2. The Morgan fingerprint density at radius 1 is 0.875 bits per heavy atom. The van der Waals surface area contributed by atoms with E-state index in [9.17, 15) is 13.2 Å². The number of halogens is 3. The molecule has 2 aromatic carbocycles. The minimum atomic E-state index is -4.34. The summed E-state index contributed by atoms with van der Waals surface area (Å²) in [5, 5.41) is 0. The Morgan fingerprint density at radius 3 is 2.34 bits per heavy atom. The Hall–Kier alpha value is -1.74. The largest absolute Gasteiger partial charge is 0.416 e. The third kappa shape index (κ3) is 4.51. The number of benzene rings is 2. The van der Waals surface area contributed by atoms with E-state index in [-0.39, 0.29) is 0 Å². The molecule has 0 bridgehead atoms. The van der Waals surface area contributed by atoms with Crippen LogP contribution in [0.4, 0.5) is 24.5 Å². The molecule has 0 N–H and O–H groups in total. The van der Waals surface area contributed by atoms with Gasteiger partial charge in [0.1, 0.15) is 13.1 Å². The minimum Gasteiger partial charge on any atom is -0.370 e. The molecule has 3 aliphatic rings. The first-order valence-electron chi connectivity index (χ1n) is 11.3. The third-order valence-corrected chi connectivity index (χ3v) is 8.14. The number of hydrogen-bond acceptors (Lipinski definition) is 4. The van der Waals surface area contributed by atoms with Gasteiger partial charge in [-0.15, -0.1) is 0 Å². The van der Waals surface area contributed by atoms with Crippen molar-refractivity contribution in [3.63, 3.8) is 0 Å². The molecule has 0 radical (unpaired) electrons.